The predicted molar refractivity (Wildman–Crippen MR) is 76.5 cm³/mol. The Bertz CT molecular complexity index is 667. The first-order valence-electron chi connectivity index (χ1n) is 6.93. The summed E-state index contributed by atoms with van der Waals surface area (Å²) in [5.74, 6) is 1.76. The van der Waals surface area contributed by atoms with Gasteiger partial charge in [-0.3, -0.25) is 0 Å². The number of fused-ring (bicyclic) bond motifs is 1. The van der Waals surface area contributed by atoms with Crippen LogP contribution in [0.4, 0.5) is 0 Å². The lowest BCUT2D eigenvalue weighted by atomic mass is 10.1. The molecule has 3 rings (SSSR count). The number of aromatic nitrogens is 2. The first-order valence-corrected chi connectivity index (χ1v) is 6.93. The molecule has 1 aliphatic rings. The van der Waals surface area contributed by atoms with Crippen LogP contribution in [0.15, 0.2) is 24.3 Å². The second-order valence-electron chi connectivity index (χ2n) is 4.97. The zero-order valence-electron chi connectivity index (χ0n) is 11.6. The Morgan fingerprint density at radius 3 is 3.00 bits per heavy atom. The normalized spacial score (nSPS) is 13.6. The summed E-state index contributed by atoms with van der Waals surface area (Å²) in [4.78, 5) is 4.72. The first kappa shape index (κ1) is 12.7. The molecule has 1 aliphatic heterocycles. The van der Waals surface area contributed by atoms with Crippen molar-refractivity contribution in [1.29, 1.82) is 5.26 Å². The molecule has 2 heterocycles. The smallest absolute Gasteiger partial charge is 0.144 e. The van der Waals surface area contributed by atoms with E-state index >= 15 is 0 Å². The largest absolute Gasteiger partial charge is 0.496 e. The highest BCUT2D eigenvalue weighted by molar-refractivity contribution is 5.65. The molecule has 2 aromatic rings. The van der Waals surface area contributed by atoms with Crippen LogP contribution in [-0.2, 0) is 19.4 Å². The van der Waals surface area contributed by atoms with Crippen molar-refractivity contribution in [3.8, 4) is 23.2 Å². The van der Waals surface area contributed by atoms with Crippen LogP contribution in [0.25, 0.3) is 11.4 Å². The van der Waals surface area contributed by atoms with Gasteiger partial charge in [-0.05, 0) is 31.4 Å². The Hall–Kier alpha value is -2.28. The van der Waals surface area contributed by atoms with Gasteiger partial charge in [0.05, 0.1) is 30.9 Å². The van der Waals surface area contributed by atoms with Crippen molar-refractivity contribution in [2.45, 2.75) is 32.2 Å². The van der Waals surface area contributed by atoms with Crippen molar-refractivity contribution in [2.24, 2.45) is 0 Å². The molecule has 0 spiro atoms. The van der Waals surface area contributed by atoms with E-state index in [1.807, 2.05) is 24.3 Å². The monoisotopic (exact) mass is 267 g/mol. The van der Waals surface area contributed by atoms with E-state index in [1.54, 1.807) is 7.11 Å². The minimum absolute atomic E-state index is 0.379. The number of benzene rings is 1. The van der Waals surface area contributed by atoms with Gasteiger partial charge < -0.3 is 9.30 Å². The van der Waals surface area contributed by atoms with E-state index in [-0.39, 0.29) is 0 Å². The molecule has 0 fully saturated rings. The van der Waals surface area contributed by atoms with Crippen molar-refractivity contribution in [3.05, 3.63) is 35.7 Å². The van der Waals surface area contributed by atoms with Gasteiger partial charge in [0.25, 0.3) is 0 Å². The standard InChI is InChI=1S/C16H17N3O/c1-20-15-8-3-2-6-12(15)16-18-13(9-10-17)14-7-4-5-11-19(14)16/h2-3,6,8H,4-5,7,9,11H2,1H3. The third kappa shape index (κ3) is 2.05. The summed E-state index contributed by atoms with van der Waals surface area (Å²) in [6.45, 7) is 0.973. The van der Waals surface area contributed by atoms with Crippen LogP contribution in [0.3, 0.4) is 0 Å². The topological polar surface area (TPSA) is 50.8 Å². The number of rotatable bonds is 3. The summed E-state index contributed by atoms with van der Waals surface area (Å²) in [6.07, 6.45) is 3.73. The molecule has 0 amide bonds. The highest BCUT2D eigenvalue weighted by Gasteiger charge is 2.22. The van der Waals surface area contributed by atoms with Gasteiger partial charge in [0.15, 0.2) is 0 Å². The van der Waals surface area contributed by atoms with Gasteiger partial charge in [-0.25, -0.2) is 4.98 Å². The van der Waals surface area contributed by atoms with E-state index in [0.717, 1.165) is 42.2 Å². The minimum atomic E-state index is 0.379. The van der Waals surface area contributed by atoms with Crippen LogP contribution < -0.4 is 4.74 Å². The van der Waals surface area contributed by atoms with Gasteiger partial charge in [0.1, 0.15) is 11.6 Å². The molecular weight excluding hydrogens is 250 g/mol. The maximum atomic E-state index is 8.98. The molecule has 20 heavy (non-hydrogen) atoms. The van der Waals surface area contributed by atoms with Gasteiger partial charge in [0, 0.05) is 12.2 Å². The summed E-state index contributed by atoms with van der Waals surface area (Å²) in [5.41, 5.74) is 3.15. The lowest BCUT2D eigenvalue weighted by molar-refractivity contribution is 0.415. The molecule has 0 unspecified atom stereocenters. The number of nitriles is 1. The van der Waals surface area contributed by atoms with Crippen LogP contribution in [-0.4, -0.2) is 16.7 Å². The Morgan fingerprint density at radius 1 is 1.35 bits per heavy atom. The van der Waals surface area contributed by atoms with Gasteiger partial charge in [-0.15, -0.1) is 0 Å². The summed E-state index contributed by atoms with van der Waals surface area (Å²) >= 11 is 0. The van der Waals surface area contributed by atoms with Crippen molar-refractivity contribution in [1.82, 2.24) is 9.55 Å². The molecule has 0 radical (unpaired) electrons. The Morgan fingerprint density at radius 2 is 2.20 bits per heavy atom. The zero-order valence-corrected chi connectivity index (χ0v) is 11.6. The van der Waals surface area contributed by atoms with E-state index in [9.17, 15) is 0 Å². The summed E-state index contributed by atoms with van der Waals surface area (Å²) in [7, 11) is 1.68. The van der Waals surface area contributed by atoms with E-state index in [1.165, 1.54) is 12.1 Å². The lowest BCUT2D eigenvalue weighted by Gasteiger charge is -2.18. The number of hydrogen-bond donors (Lipinski definition) is 0. The number of nitrogens with zero attached hydrogens (tertiary/aromatic N) is 3. The fraction of sp³-hybridized carbons (Fsp3) is 0.375. The van der Waals surface area contributed by atoms with Gasteiger partial charge in [-0.1, -0.05) is 12.1 Å². The maximum absolute atomic E-state index is 8.98. The average Bonchev–Trinajstić information content (AvgIpc) is 2.87. The van der Waals surface area contributed by atoms with Crippen LogP contribution in [0.1, 0.15) is 24.2 Å². The van der Waals surface area contributed by atoms with Crippen LogP contribution in [0.5, 0.6) is 5.75 Å². The molecule has 0 N–H and O–H groups in total. The highest BCUT2D eigenvalue weighted by Crippen LogP contribution is 2.33. The Balaban J connectivity index is 2.16. The van der Waals surface area contributed by atoms with Crippen LogP contribution in [0.2, 0.25) is 0 Å². The number of imidazole rings is 1. The van der Waals surface area contributed by atoms with Crippen molar-refractivity contribution in [2.75, 3.05) is 7.11 Å². The Labute approximate surface area is 118 Å². The third-order valence-electron chi connectivity index (χ3n) is 3.80. The quantitative estimate of drug-likeness (QED) is 0.859. The summed E-state index contributed by atoms with van der Waals surface area (Å²) in [6, 6.07) is 10.1. The molecule has 0 bridgehead atoms. The highest BCUT2D eigenvalue weighted by atomic mass is 16.5. The number of ether oxygens (including phenoxy) is 1. The molecular formula is C16H17N3O. The summed E-state index contributed by atoms with van der Waals surface area (Å²) < 4.78 is 7.70. The molecule has 1 aromatic carbocycles. The van der Waals surface area contributed by atoms with Crippen LogP contribution >= 0.6 is 0 Å². The fourth-order valence-electron chi connectivity index (χ4n) is 2.87. The number of methoxy groups -OCH3 is 1. The average molecular weight is 267 g/mol. The Kier molecular flexibility index (Phi) is 3.42. The molecule has 1 aromatic heterocycles. The number of para-hydroxylation sites is 1. The van der Waals surface area contributed by atoms with Gasteiger partial charge >= 0.3 is 0 Å². The maximum Gasteiger partial charge on any atom is 0.144 e. The van der Waals surface area contributed by atoms with Crippen molar-refractivity contribution in [3.63, 3.8) is 0 Å². The SMILES string of the molecule is COc1ccccc1-c1nc(CC#N)c2n1CCCC2. The van der Waals surface area contributed by atoms with E-state index in [2.05, 4.69) is 10.6 Å². The lowest BCUT2D eigenvalue weighted by Crippen LogP contribution is -2.12. The zero-order chi connectivity index (χ0) is 13.9. The first-order chi connectivity index (χ1) is 9.85. The summed E-state index contributed by atoms with van der Waals surface area (Å²) in [5, 5.41) is 8.98. The molecule has 0 aliphatic carbocycles. The third-order valence-corrected chi connectivity index (χ3v) is 3.80. The van der Waals surface area contributed by atoms with Gasteiger partial charge in [0.2, 0.25) is 0 Å². The van der Waals surface area contributed by atoms with E-state index in [4.69, 9.17) is 15.0 Å². The second-order valence-corrected chi connectivity index (χ2v) is 4.97. The minimum Gasteiger partial charge on any atom is -0.496 e. The molecule has 4 heteroatoms. The van der Waals surface area contributed by atoms with Gasteiger partial charge in [-0.2, -0.15) is 5.26 Å². The second kappa shape index (κ2) is 5.38. The fourth-order valence-corrected chi connectivity index (χ4v) is 2.87. The van der Waals surface area contributed by atoms with Crippen LogP contribution in [0, 0.1) is 11.3 Å². The van der Waals surface area contributed by atoms with Crippen molar-refractivity contribution >= 4 is 0 Å². The van der Waals surface area contributed by atoms with Crippen molar-refractivity contribution < 1.29 is 4.74 Å². The van der Waals surface area contributed by atoms with E-state index in [0.29, 0.717) is 6.42 Å². The molecule has 0 atom stereocenters. The molecule has 102 valence electrons. The predicted octanol–water partition coefficient (Wildman–Crippen LogP) is 2.96. The number of hydrogen-bond acceptors (Lipinski definition) is 3. The molecule has 0 saturated carbocycles. The molecule has 0 saturated heterocycles. The molecule has 4 nitrogen and oxygen atoms in total. The van der Waals surface area contributed by atoms with E-state index < -0.39 is 0 Å².